The molecule has 0 bridgehead atoms. The van der Waals surface area contributed by atoms with Gasteiger partial charge >= 0.3 is 0 Å². The Balaban J connectivity index is 1.51. The average Bonchev–Trinajstić information content (AvgIpc) is 3.37. The van der Waals surface area contributed by atoms with Crippen molar-refractivity contribution < 1.29 is 9.59 Å². The molecule has 1 aromatic carbocycles. The predicted molar refractivity (Wildman–Crippen MR) is 116 cm³/mol. The number of hydrogen-bond donors (Lipinski definition) is 1. The summed E-state index contributed by atoms with van der Waals surface area (Å²) in [5.41, 5.74) is 0.790. The number of carbonyl (C=O) groups is 2. The Morgan fingerprint density at radius 1 is 1.28 bits per heavy atom. The fourth-order valence-electron chi connectivity index (χ4n) is 4.04. The van der Waals surface area contributed by atoms with Gasteiger partial charge in [-0.1, -0.05) is 32.8 Å². The Kier molecular flexibility index (Phi) is 5.42. The van der Waals surface area contributed by atoms with Crippen molar-refractivity contribution in [1.29, 1.82) is 0 Å². The number of aromatic nitrogens is 2. The van der Waals surface area contributed by atoms with Gasteiger partial charge in [-0.15, -0.1) is 11.8 Å². The maximum absolute atomic E-state index is 12.9. The third kappa shape index (κ3) is 4.20. The first-order valence-corrected chi connectivity index (χ1v) is 11.2. The van der Waals surface area contributed by atoms with Crippen molar-refractivity contribution in [1.82, 2.24) is 9.78 Å². The number of nitrogens with zero attached hydrogens (tertiary/aromatic N) is 3. The maximum Gasteiger partial charge on any atom is 0.255 e. The van der Waals surface area contributed by atoms with E-state index < -0.39 is 5.41 Å². The first kappa shape index (κ1) is 20.0. The highest BCUT2D eigenvalue weighted by Crippen LogP contribution is 2.37. The Labute approximate surface area is 176 Å². The first-order chi connectivity index (χ1) is 13.8. The number of carbonyl (C=O) groups excluding carboxylic acids is 2. The van der Waals surface area contributed by atoms with Crippen LogP contribution in [0.5, 0.6) is 0 Å². The van der Waals surface area contributed by atoms with Gasteiger partial charge in [-0.3, -0.25) is 19.2 Å². The van der Waals surface area contributed by atoms with Crippen LogP contribution in [0.15, 0.2) is 35.4 Å². The molecule has 0 spiro atoms. The minimum absolute atomic E-state index is 0.0432. The molecule has 0 radical (unpaired) electrons. The molecule has 29 heavy (non-hydrogen) atoms. The van der Waals surface area contributed by atoms with Crippen molar-refractivity contribution in [2.45, 2.75) is 56.1 Å². The number of rotatable bonds is 5. The molecule has 2 fully saturated rings. The van der Waals surface area contributed by atoms with Gasteiger partial charge in [0.15, 0.2) is 5.82 Å². The van der Waals surface area contributed by atoms with Gasteiger partial charge in [-0.2, -0.15) is 5.10 Å². The smallest absolute Gasteiger partial charge is 0.255 e. The van der Waals surface area contributed by atoms with Gasteiger partial charge in [0.05, 0.1) is 6.20 Å². The summed E-state index contributed by atoms with van der Waals surface area (Å²) in [6, 6.07) is 7.79. The lowest BCUT2D eigenvalue weighted by molar-refractivity contribution is -0.124. The van der Waals surface area contributed by atoms with Gasteiger partial charge in [0.1, 0.15) is 5.69 Å². The molecule has 6 nitrogen and oxygen atoms in total. The number of anilines is 2. The van der Waals surface area contributed by atoms with Crippen LogP contribution in [0.2, 0.25) is 0 Å². The lowest BCUT2D eigenvalue weighted by Crippen LogP contribution is -2.32. The van der Waals surface area contributed by atoms with Gasteiger partial charge in [-0.05, 0) is 37.5 Å². The second kappa shape index (κ2) is 7.86. The van der Waals surface area contributed by atoms with E-state index in [0.29, 0.717) is 28.9 Å². The molecule has 1 saturated carbocycles. The fourth-order valence-corrected chi connectivity index (χ4v) is 5.34. The van der Waals surface area contributed by atoms with Gasteiger partial charge in [-0.25, -0.2) is 0 Å². The summed E-state index contributed by atoms with van der Waals surface area (Å²) in [6.45, 7) is 4.51. The summed E-state index contributed by atoms with van der Waals surface area (Å²) < 4.78 is 1.63. The molecule has 1 N–H and O–H groups in total. The number of thioether (sulfide) groups is 1. The van der Waals surface area contributed by atoms with Crippen LogP contribution in [0.1, 0.15) is 56.3 Å². The van der Waals surface area contributed by atoms with E-state index in [2.05, 4.69) is 16.5 Å². The van der Waals surface area contributed by atoms with Crippen LogP contribution in [0.25, 0.3) is 0 Å². The molecular weight excluding hydrogens is 384 g/mol. The summed E-state index contributed by atoms with van der Waals surface area (Å²) in [7, 11) is 1.80. The van der Waals surface area contributed by atoms with Crippen LogP contribution in [0, 0.1) is 5.41 Å². The van der Waals surface area contributed by atoms with Crippen molar-refractivity contribution in [2.24, 2.45) is 12.5 Å². The van der Waals surface area contributed by atoms with Crippen LogP contribution >= 0.6 is 11.8 Å². The number of nitrogens with one attached hydrogen (secondary N) is 1. The predicted octanol–water partition coefficient (Wildman–Crippen LogP) is 4.47. The topological polar surface area (TPSA) is 67.2 Å². The van der Waals surface area contributed by atoms with Gasteiger partial charge < -0.3 is 5.32 Å². The molecule has 7 heteroatoms. The zero-order chi connectivity index (χ0) is 20.6. The first-order valence-electron chi connectivity index (χ1n) is 10.3. The highest BCUT2D eigenvalue weighted by molar-refractivity contribution is 8.00. The maximum atomic E-state index is 12.9. The molecule has 1 aliphatic heterocycles. The van der Waals surface area contributed by atoms with Crippen molar-refractivity contribution in [3.05, 3.63) is 36.0 Å². The Morgan fingerprint density at radius 2 is 2.03 bits per heavy atom. The van der Waals surface area contributed by atoms with Crippen LogP contribution < -0.4 is 10.2 Å². The average molecular weight is 413 g/mol. The standard InChI is InChI=1S/C22H28N4O2S/c1-22(2)11-12-26(21(22)28)19-18(14-25(3)24-19)23-20(27)15-7-6-10-17(13-15)29-16-8-4-5-9-16/h6-7,10,13-14,16H,4-5,8-9,11-12H2,1-3H3,(H,23,27). The SMILES string of the molecule is Cn1cc(NC(=O)c2cccc(SC3CCCC3)c2)c(N2CCC(C)(C)C2=O)n1. The molecule has 4 rings (SSSR count). The number of hydrogen-bond acceptors (Lipinski definition) is 4. The summed E-state index contributed by atoms with van der Waals surface area (Å²) >= 11 is 1.87. The minimum atomic E-state index is -0.398. The molecule has 2 heterocycles. The largest absolute Gasteiger partial charge is 0.317 e. The molecule has 1 aliphatic carbocycles. The van der Waals surface area contributed by atoms with E-state index in [0.717, 1.165) is 11.3 Å². The molecule has 1 saturated heterocycles. The monoisotopic (exact) mass is 412 g/mol. The molecular formula is C22H28N4O2S. The Morgan fingerprint density at radius 3 is 2.72 bits per heavy atom. The van der Waals surface area contributed by atoms with Crippen molar-refractivity contribution in [3.63, 3.8) is 0 Å². The summed E-state index contributed by atoms with van der Waals surface area (Å²) in [6.07, 6.45) is 7.63. The van der Waals surface area contributed by atoms with Crippen molar-refractivity contribution in [3.8, 4) is 0 Å². The lowest BCUT2D eigenvalue weighted by Gasteiger charge is -2.18. The van der Waals surface area contributed by atoms with Crippen molar-refractivity contribution in [2.75, 3.05) is 16.8 Å². The third-order valence-corrected chi connectivity index (χ3v) is 7.13. The molecule has 2 aromatic rings. The number of benzene rings is 1. The van der Waals surface area contributed by atoms with Gasteiger partial charge in [0.25, 0.3) is 5.91 Å². The van der Waals surface area contributed by atoms with E-state index in [9.17, 15) is 9.59 Å². The Hall–Kier alpha value is -2.28. The molecule has 154 valence electrons. The van der Waals surface area contributed by atoms with E-state index >= 15 is 0 Å². The highest BCUT2D eigenvalue weighted by atomic mass is 32.2. The van der Waals surface area contributed by atoms with Crippen LogP contribution in [0.4, 0.5) is 11.5 Å². The molecule has 2 amide bonds. The number of aryl methyl sites for hydroxylation is 1. The van der Waals surface area contributed by atoms with Crippen LogP contribution in [-0.4, -0.2) is 33.4 Å². The number of amides is 2. The van der Waals surface area contributed by atoms with E-state index in [-0.39, 0.29) is 11.8 Å². The summed E-state index contributed by atoms with van der Waals surface area (Å²) in [4.78, 5) is 28.5. The zero-order valence-corrected chi connectivity index (χ0v) is 18.1. The molecule has 2 aliphatic rings. The van der Waals surface area contributed by atoms with E-state index in [4.69, 9.17) is 0 Å². The molecule has 0 atom stereocenters. The second-order valence-corrected chi connectivity index (χ2v) is 10.0. The van der Waals surface area contributed by atoms with E-state index in [1.165, 1.54) is 25.7 Å². The minimum Gasteiger partial charge on any atom is -0.317 e. The van der Waals surface area contributed by atoms with Gasteiger partial charge in [0.2, 0.25) is 5.91 Å². The summed E-state index contributed by atoms with van der Waals surface area (Å²) in [5, 5.41) is 8.07. The lowest BCUT2D eigenvalue weighted by atomic mass is 9.92. The molecule has 0 unspecified atom stereocenters. The van der Waals surface area contributed by atoms with Crippen LogP contribution in [0.3, 0.4) is 0 Å². The van der Waals surface area contributed by atoms with E-state index in [1.807, 2.05) is 43.8 Å². The Bertz CT molecular complexity index is 931. The van der Waals surface area contributed by atoms with Crippen LogP contribution in [-0.2, 0) is 11.8 Å². The fraction of sp³-hybridized carbons (Fsp3) is 0.500. The van der Waals surface area contributed by atoms with Gasteiger partial charge in [0, 0.05) is 34.7 Å². The highest BCUT2D eigenvalue weighted by Gasteiger charge is 2.41. The quantitative estimate of drug-likeness (QED) is 0.787. The molecule has 1 aromatic heterocycles. The van der Waals surface area contributed by atoms with Crippen molar-refractivity contribution >= 4 is 35.1 Å². The zero-order valence-electron chi connectivity index (χ0n) is 17.3. The normalized spacial score (nSPS) is 19.1. The van der Waals surface area contributed by atoms with E-state index in [1.54, 1.807) is 22.8 Å². The third-order valence-electron chi connectivity index (χ3n) is 5.80. The summed E-state index contributed by atoms with van der Waals surface area (Å²) in [5.74, 6) is 0.383. The second-order valence-electron chi connectivity index (χ2n) is 8.64.